The number of nitrogens with zero attached hydrogens (tertiary/aromatic N) is 2. The first-order valence-corrected chi connectivity index (χ1v) is 10.1. The van der Waals surface area contributed by atoms with Crippen LogP contribution in [0.4, 0.5) is 5.69 Å². The Kier molecular flexibility index (Phi) is 8.95. The predicted molar refractivity (Wildman–Crippen MR) is 131 cm³/mol. The van der Waals surface area contributed by atoms with E-state index in [1.165, 1.54) is 5.56 Å². The molecule has 0 bridgehead atoms. The molecular weight excluding hydrogens is 475 g/mol. The lowest BCUT2D eigenvalue weighted by Crippen LogP contribution is -2.25. The fourth-order valence-electron chi connectivity index (χ4n) is 3.43. The second-order valence-electron chi connectivity index (χ2n) is 7.45. The Labute approximate surface area is 190 Å². The van der Waals surface area contributed by atoms with Crippen molar-refractivity contribution in [1.29, 1.82) is 0 Å². The van der Waals surface area contributed by atoms with Crippen LogP contribution in [-0.2, 0) is 17.9 Å². The van der Waals surface area contributed by atoms with Crippen LogP contribution in [0.2, 0.25) is 0 Å². The maximum absolute atomic E-state index is 11.9. The summed E-state index contributed by atoms with van der Waals surface area (Å²) in [5, 5.41) is 3.16. The number of amides is 1. The molecule has 1 aliphatic heterocycles. The molecule has 0 saturated carbocycles. The van der Waals surface area contributed by atoms with Gasteiger partial charge in [0.05, 0.1) is 6.54 Å². The number of benzene rings is 2. The van der Waals surface area contributed by atoms with E-state index in [0.29, 0.717) is 31.4 Å². The van der Waals surface area contributed by atoms with Gasteiger partial charge in [-0.3, -0.25) is 4.79 Å². The highest BCUT2D eigenvalue weighted by atomic mass is 127. The molecule has 0 spiro atoms. The van der Waals surface area contributed by atoms with Crippen molar-refractivity contribution in [1.82, 2.24) is 4.90 Å². The van der Waals surface area contributed by atoms with E-state index in [1.807, 2.05) is 35.2 Å². The number of guanidine groups is 1. The van der Waals surface area contributed by atoms with Crippen LogP contribution in [0.3, 0.4) is 0 Å². The topological polar surface area (TPSA) is 70.7 Å². The van der Waals surface area contributed by atoms with Gasteiger partial charge in [-0.05, 0) is 47.6 Å². The molecule has 0 aromatic heterocycles. The van der Waals surface area contributed by atoms with Crippen molar-refractivity contribution in [3.05, 3.63) is 65.2 Å². The molecule has 1 fully saturated rings. The first-order valence-electron chi connectivity index (χ1n) is 10.1. The number of halogens is 1. The highest BCUT2D eigenvalue weighted by Crippen LogP contribution is 2.21. The van der Waals surface area contributed by atoms with E-state index >= 15 is 0 Å². The lowest BCUT2D eigenvalue weighted by Gasteiger charge is -2.17. The van der Waals surface area contributed by atoms with Crippen molar-refractivity contribution in [3.63, 3.8) is 0 Å². The Morgan fingerprint density at radius 3 is 2.48 bits per heavy atom. The van der Waals surface area contributed by atoms with Gasteiger partial charge in [0.15, 0.2) is 5.96 Å². The van der Waals surface area contributed by atoms with Gasteiger partial charge < -0.3 is 16.0 Å². The van der Waals surface area contributed by atoms with Gasteiger partial charge in [0.1, 0.15) is 0 Å². The van der Waals surface area contributed by atoms with Crippen LogP contribution in [0.15, 0.2) is 53.5 Å². The minimum absolute atomic E-state index is 0. The third-order valence-electron chi connectivity index (χ3n) is 5.44. The van der Waals surface area contributed by atoms with Gasteiger partial charge in [-0.2, -0.15) is 0 Å². The molecule has 6 heteroatoms. The summed E-state index contributed by atoms with van der Waals surface area (Å²) in [6.45, 7) is 6.40. The van der Waals surface area contributed by atoms with Crippen LogP contribution < -0.4 is 11.1 Å². The monoisotopic (exact) mass is 506 g/mol. The Bertz CT molecular complexity index is 835. The average molecular weight is 506 g/mol. The molecule has 3 rings (SSSR count). The van der Waals surface area contributed by atoms with Crippen LogP contribution in [0.5, 0.6) is 0 Å². The number of hydrogen-bond acceptors (Lipinski definition) is 2. The van der Waals surface area contributed by atoms with E-state index in [2.05, 4.69) is 42.4 Å². The van der Waals surface area contributed by atoms with Gasteiger partial charge >= 0.3 is 0 Å². The molecule has 1 heterocycles. The molecular formula is C23H31IN4O. The molecule has 1 amide bonds. The second-order valence-corrected chi connectivity index (χ2v) is 7.45. The first kappa shape index (κ1) is 23.2. The van der Waals surface area contributed by atoms with Gasteiger partial charge in [0, 0.05) is 25.2 Å². The minimum Gasteiger partial charge on any atom is -0.370 e. The van der Waals surface area contributed by atoms with Crippen molar-refractivity contribution < 1.29 is 4.79 Å². The van der Waals surface area contributed by atoms with E-state index in [1.54, 1.807) is 0 Å². The molecule has 0 aliphatic carbocycles. The van der Waals surface area contributed by atoms with Gasteiger partial charge in [0.25, 0.3) is 0 Å². The van der Waals surface area contributed by atoms with Gasteiger partial charge in [-0.15, -0.1) is 24.0 Å². The van der Waals surface area contributed by atoms with Crippen LogP contribution in [-0.4, -0.2) is 23.3 Å². The number of carbonyl (C=O) groups is 1. The minimum atomic E-state index is 0. The van der Waals surface area contributed by atoms with Gasteiger partial charge in [-0.1, -0.05) is 50.2 Å². The fourth-order valence-corrected chi connectivity index (χ4v) is 3.43. The number of aliphatic imine (C=N–C) groups is 1. The lowest BCUT2D eigenvalue weighted by atomic mass is 9.99. The normalized spacial score (nSPS) is 15.2. The third kappa shape index (κ3) is 6.45. The zero-order valence-electron chi connectivity index (χ0n) is 17.2. The summed E-state index contributed by atoms with van der Waals surface area (Å²) < 4.78 is 0. The lowest BCUT2D eigenvalue weighted by molar-refractivity contribution is -0.128. The zero-order valence-corrected chi connectivity index (χ0v) is 19.6. The van der Waals surface area contributed by atoms with E-state index < -0.39 is 0 Å². The van der Waals surface area contributed by atoms with Crippen LogP contribution in [0, 0.1) is 0 Å². The smallest absolute Gasteiger partial charge is 0.222 e. The number of rotatable bonds is 7. The molecule has 0 radical (unpaired) electrons. The predicted octanol–water partition coefficient (Wildman–Crippen LogP) is 4.87. The highest BCUT2D eigenvalue weighted by molar-refractivity contribution is 14.0. The average Bonchev–Trinajstić information content (AvgIpc) is 3.12. The SMILES string of the molecule is CCC(C)c1ccc(NC(N)=NCc2ccccc2CN2CCCC2=O)cc1.I. The number of anilines is 1. The summed E-state index contributed by atoms with van der Waals surface area (Å²) in [4.78, 5) is 18.3. The van der Waals surface area contributed by atoms with Crippen molar-refractivity contribution in [2.75, 3.05) is 11.9 Å². The Morgan fingerprint density at radius 2 is 1.86 bits per heavy atom. The van der Waals surface area contributed by atoms with Crippen LogP contribution >= 0.6 is 24.0 Å². The quantitative estimate of drug-likeness (QED) is 0.320. The Balaban J connectivity index is 0.00000300. The molecule has 1 unspecified atom stereocenters. The number of nitrogens with one attached hydrogen (secondary N) is 1. The number of hydrogen-bond donors (Lipinski definition) is 2. The summed E-state index contributed by atoms with van der Waals surface area (Å²) in [6.07, 6.45) is 2.73. The first-order chi connectivity index (χ1) is 13.6. The van der Waals surface area contributed by atoms with Gasteiger partial charge in [0.2, 0.25) is 5.91 Å². The molecule has 1 atom stereocenters. The summed E-state index contributed by atoms with van der Waals surface area (Å²) in [7, 11) is 0. The summed E-state index contributed by atoms with van der Waals surface area (Å²) >= 11 is 0. The highest BCUT2D eigenvalue weighted by Gasteiger charge is 2.20. The zero-order chi connectivity index (χ0) is 19.9. The van der Waals surface area contributed by atoms with Crippen molar-refractivity contribution >= 4 is 41.5 Å². The summed E-state index contributed by atoms with van der Waals surface area (Å²) in [6, 6.07) is 16.5. The van der Waals surface area contributed by atoms with E-state index in [9.17, 15) is 4.79 Å². The third-order valence-corrected chi connectivity index (χ3v) is 5.44. The maximum atomic E-state index is 11.9. The Morgan fingerprint density at radius 1 is 1.17 bits per heavy atom. The van der Waals surface area contributed by atoms with Crippen molar-refractivity contribution in [3.8, 4) is 0 Å². The molecule has 2 aromatic rings. The van der Waals surface area contributed by atoms with E-state index in [0.717, 1.165) is 36.2 Å². The fraction of sp³-hybridized carbons (Fsp3) is 0.391. The molecule has 156 valence electrons. The van der Waals surface area contributed by atoms with E-state index in [4.69, 9.17) is 5.73 Å². The largest absolute Gasteiger partial charge is 0.370 e. The molecule has 3 N–H and O–H groups in total. The molecule has 1 saturated heterocycles. The molecule has 2 aromatic carbocycles. The van der Waals surface area contributed by atoms with Gasteiger partial charge in [-0.25, -0.2) is 4.99 Å². The maximum Gasteiger partial charge on any atom is 0.222 e. The van der Waals surface area contributed by atoms with Crippen LogP contribution in [0.25, 0.3) is 0 Å². The molecule has 29 heavy (non-hydrogen) atoms. The number of carbonyl (C=O) groups excluding carboxylic acids is 1. The second kappa shape index (κ2) is 11.2. The summed E-state index contributed by atoms with van der Waals surface area (Å²) in [5.74, 6) is 1.18. The number of nitrogens with two attached hydrogens (primary N) is 1. The molecule has 5 nitrogen and oxygen atoms in total. The standard InChI is InChI=1S/C23H30N4O.HI/c1-3-17(2)18-10-12-21(13-11-18)26-23(24)25-15-19-7-4-5-8-20(19)16-27-14-6-9-22(27)28;/h4-5,7-8,10-13,17H,3,6,9,14-16H2,1-2H3,(H3,24,25,26);1H. The summed E-state index contributed by atoms with van der Waals surface area (Å²) in [5.41, 5.74) is 10.6. The van der Waals surface area contributed by atoms with Crippen molar-refractivity contribution in [2.24, 2.45) is 10.7 Å². The number of likely N-dealkylation sites (tertiary alicyclic amines) is 1. The van der Waals surface area contributed by atoms with E-state index in [-0.39, 0.29) is 29.9 Å². The van der Waals surface area contributed by atoms with Crippen LogP contribution in [0.1, 0.15) is 55.7 Å². The molecule has 1 aliphatic rings. The van der Waals surface area contributed by atoms with Crippen molar-refractivity contribution in [2.45, 2.75) is 52.1 Å². The Hall–Kier alpha value is -2.09.